The van der Waals surface area contributed by atoms with Gasteiger partial charge in [-0.1, -0.05) is 13.8 Å². The molecule has 0 radical (unpaired) electrons. The Hall–Kier alpha value is -2.70. The van der Waals surface area contributed by atoms with Crippen molar-refractivity contribution in [2.45, 2.75) is 85.4 Å². The van der Waals surface area contributed by atoms with Gasteiger partial charge < -0.3 is 19.1 Å². The summed E-state index contributed by atoms with van der Waals surface area (Å²) in [4.78, 5) is 27.0. The zero-order valence-corrected chi connectivity index (χ0v) is 21.9. The first-order chi connectivity index (χ1) is 15.7. The summed E-state index contributed by atoms with van der Waals surface area (Å²) in [5, 5.41) is 0.984. The van der Waals surface area contributed by atoms with E-state index in [1.807, 2.05) is 65.9 Å². The molecule has 0 spiro atoms. The van der Waals surface area contributed by atoms with E-state index in [1.165, 1.54) is 0 Å². The van der Waals surface area contributed by atoms with E-state index in [0.29, 0.717) is 19.7 Å². The quantitative estimate of drug-likeness (QED) is 0.503. The van der Waals surface area contributed by atoms with Crippen molar-refractivity contribution in [1.29, 1.82) is 0 Å². The van der Waals surface area contributed by atoms with Crippen LogP contribution in [0, 0.1) is 5.92 Å². The molecular formula is C27H40N2O5. The average Bonchev–Trinajstić information content (AvgIpc) is 3.09. The second kappa shape index (κ2) is 9.88. The van der Waals surface area contributed by atoms with Crippen LogP contribution in [0.15, 0.2) is 24.4 Å². The van der Waals surface area contributed by atoms with Crippen molar-refractivity contribution in [3.05, 3.63) is 30.0 Å². The Bertz CT molecular complexity index is 1030. The maximum atomic E-state index is 12.8. The van der Waals surface area contributed by atoms with Crippen molar-refractivity contribution < 1.29 is 23.8 Å². The minimum absolute atomic E-state index is 0.238. The number of fused-ring (bicyclic) bond motifs is 1. The number of carbonyl (C=O) groups is 2. The molecule has 0 aliphatic carbocycles. The highest BCUT2D eigenvalue weighted by molar-refractivity contribution is 5.93. The Kier molecular flexibility index (Phi) is 7.53. The molecule has 1 atom stereocenters. The number of piperidine rings is 1. The van der Waals surface area contributed by atoms with Gasteiger partial charge in [-0.05, 0) is 84.1 Å². The molecule has 0 N–H and O–H groups in total. The minimum atomic E-state index is -0.568. The van der Waals surface area contributed by atoms with Gasteiger partial charge in [0.25, 0.3) is 0 Å². The average molecular weight is 473 g/mol. The number of hydrogen-bond acceptors (Lipinski definition) is 5. The maximum absolute atomic E-state index is 12.8. The van der Waals surface area contributed by atoms with E-state index in [-0.39, 0.29) is 24.0 Å². The summed E-state index contributed by atoms with van der Waals surface area (Å²) in [6, 6.07) is 5.80. The zero-order chi connectivity index (χ0) is 25.3. The van der Waals surface area contributed by atoms with Crippen LogP contribution in [-0.2, 0) is 9.47 Å². The SMILES string of the molecule is CC(C)c1cn(C(=O)OC(C)(C)C)c2ccc(OCC3CCCN(C(=O)OC(C)(C)C)C3)cc12. The van der Waals surface area contributed by atoms with Crippen molar-refractivity contribution >= 4 is 23.1 Å². The van der Waals surface area contributed by atoms with Gasteiger partial charge in [-0.25, -0.2) is 9.59 Å². The summed E-state index contributed by atoms with van der Waals surface area (Å²) in [5.74, 6) is 1.24. The molecule has 3 rings (SSSR count). The molecule has 0 saturated carbocycles. The third-order valence-electron chi connectivity index (χ3n) is 5.68. The molecule has 1 saturated heterocycles. The van der Waals surface area contributed by atoms with E-state index in [1.54, 1.807) is 9.47 Å². The Morgan fingerprint density at radius 3 is 2.29 bits per heavy atom. The van der Waals surface area contributed by atoms with Gasteiger partial charge in [0.1, 0.15) is 17.0 Å². The Balaban J connectivity index is 1.73. The van der Waals surface area contributed by atoms with Gasteiger partial charge in [-0.15, -0.1) is 0 Å². The summed E-state index contributed by atoms with van der Waals surface area (Å²) >= 11 is 0. The van der Waals surface area contributed by atoms with Crippen LogP contribution < -0.4 is 4.74 Å². The predicted molar refractivity (Wildman–Crippen MR) is 134 cm³/mol. The number of likely N-dealkylation sites (tertiary alicyclic amines) is 1. The lowest BCUT2D eigenvalue weighted by Crippen LogP contribution is -2.44. The van der Waals surface area contributed by atoms with Gasteiger partial charge in [0.05, 0.1) is 12.1 Å². The van der Waals surface area contributed by atoms with Gasteiger partial charge in [0.15, 0.2) is 0 Å². The fraction of sp³-hybridized carbons (Fsp3) is 0.630. The number of ether oxygens (including phenoxy) is 3. The van der Waals surface area contributed by atoms with Crippen molar-refractivity contribution in [3.8, 4) is 5.75 Å². The summed E-state index contributed by atoms with van der Waals surface area (Å²) in [6.45, 7) is 17.3. The van der Waals surface area contributed by atoms with Gasteiger partial charge in [0.2, 0.25) is 0 Å². The first kappa shape index (κ1) is 25.9. The molecule has 2 aromatic rings. The van der Waals surface area contributed by atoms with Gasteiger partial charge in [-0.3, -0.25) is 4.57 Å². The maximum Gasteiger partial charge on any atom is 0.419 e. The molecule has 34 heavy (non-hydrogen) atoms. The topological polar surface area (TPSA) is 70.0 Å². The molecule has 1 fully saturated rings. The highest BCUT2D eigenvalue weighted by atomic mass is 16.6. The number of amides is 1. The van der Waals surface area contributed by atoms with Crippen LogP contribution in [0.5, 0.6) is 5.75 Å². The molecule has 1 aliphatic heterocycles. The molecule has 7 heteroatoms. The summed E-state index contributed by atoms with van der Waals surface area (Å²) in [5.41, 5.74) is 0.806. The normalized spacial score (nSPS) is 17.2. The molecule has 1 aromatic carbocycles. The van der Waals surface area contributed by atoms with E-state index in [0.717, 1.165) is 35.1 Å². The van der Waals surface area contributed by atoms with Crippen LogP contribution in [0.3, 0.4) is 0 Å². The third-order valence-corrected chi connectivity index (χ3v) is 5.68. The zero-order valence-electron chi connectivity index (χ0n) is 21.9. The minimum Gasteiger partial charge on any atom is -0.493 e. The standard InChI is InChI=1S/C27H40N2O5/c1-18(2)22-16-29(25(31)34-27(6,7)8)23-12-11-20(14-21(22)23)32-17-19-10-9-13-28(15-19)24(30)33-26(3,4)5/h11-12,14,16,18-19H,9-10,13,15,17H2,1-8H3. The number of carbonyl (C=O) groups excluding carboxylic acids is 2. The summed E-state index contributed by atoms with van der Waals surface area (Å²) in [7, 11) is 0. The first-order valence-corrected chi connectivity index (χ1v) is 12.2. The smallest absolute Gasteiger partial charge is 0.419 e. The molecule has 7 nitrogen and oxygen atoms in total. The van der Waals surface area contributed by atoms with Crippen LogP contribution in [0.2, 0.25) is 0 Å². The fourth-order valence-electron chi connectivity index (χ4n) is 4.15. The van der Waals surface area contributed by atoms with Crippen molar-refractivity contribution in [1.82, 2.24) is 9.47 Å². The molecule has 1 unspecified atom stereocenters. The van der Waals surface area contributed by atoms with E-state index < -0.39 is 11.2 Å². The third kappa shape index (κ3) is 6.67. The summed E-state index contributed by atoms with van der Waals surface area (Å²) < 4.78 is 18.9. The van der Waals surface area contributed by atoms with Crippen molar-refractivity contribution in [2.24, 2.45) is 5.92 Å². The molecular weight excluding hydrogens is 432 g/mol. The van der Waals surface area contributed by atoms with Gasteiger partial charge >= 0.3 is 12.2 Å². The Morgan fingerprint density at radius 2 is 1.68 bits per heavy atom. The van der Waals surface area contributed by atoms with Crippen molar-refractivity contribution in [2.75, 3.05) is 19.7 Å². The fourth-order valence-corrected chi connectivity index (χ4v) is 4.15. The van der Waals surface area contributed by atoms with E-state index in [9.17, 15) is 9.59 Å². The predicted octanol–water partition coefficient (Wildman–Crippen LogP) is 6.57. The van der Waals surface area contributed by atoms with E-state index in [2.05, 4.69) is 13.8 Å². The largest absolute Gasteiger partial charge is 0.493 e. The summed E-state index contributed by atoms with van der Waals surface area (Å²) in [6.07, 6.45) is 3.16. The molecule has 1 aliphatic rings. The molecule has 1 amide bonds. The van der Waals surface area contributed by atoms with Crippen LogP contribution in [0.1, 0.15) is 79.7 Å². The monoisotopic (exact) mass is 472 g/mol. The van der Waals surface area contributed by atoms with Gasteiger partial charge in [-0.2, -0.15) is 0 Å². The number of aromatic nitrogens is 1. The highest BCUT2D eigenvalue weighted by Crippen LogP contribution is 2.32. The van der Waals surface area contributed by atoms with Crippen LogP contribution in [0.25, 0.3) is 10.9 Å². The lowest BCUT2D eigenvalue weighted by atomic mass is 9.99. The van der Waals surface area contributed by atoms with E-state index in [4.69, 9.17) is 14.2 Å². The first-order valence-electron chi connectivity index (χ1n) is 12.2. The molecule has 1 aromatic heterocycles. The second-order valence-electron chi connectivity index (χ2n) is 11.5. The van der Waals surface area contributed by atoms with Gasteiger partial charge in [0, 0.05) is 30.6 Å². The van der Waals surface area contributed by atoms with Crippen LogP contribution in [-0.4, -0.2) is 52.6 Å². The second-order valence-corrected chi connectivity index (χ2v) is 11.5. The molecule has 0 bridgehead atoms. The van der Waals surface area contributed by atoms with E-state index >= 15 is 0 Å². The molecule has 2 heterocycles. The Labute approximate surface area is 203 Å². The molecule has 188 valence electrons. The number of nitrogens with zero attached hydrogens (tertiary/aromatic N) is 2. The number of benzene rings is 1. The van der Waals surface area contributed by atoms with Crippen LogP contribution in [0.4, 0.5) is 9.59 Å². The van der Waals surface area contributed by atoms with Crippen LogP contribution >= 0.6 is 0 Å². The highest BCUT2D eigenvalue weighted by Gasteiger charge is 2.28. The number of rotatable bonds is 4. The Morgan fingerprint density at radius 1 is 1.03 bits per heavy atom. The van der Waals surface area contributed by atoms with Crippen molar-refractivity contribution in [3.63, 3.8) is 0 Å². The number of hydrogen-bond donors (Lipinski definition) is 0. The lowest BCUT2D eigenvalue weighted by molar-refractivity contribution is 0.0139. The lowest BCUT2D eigenvalue weighted by Gasteiger charge is -2.34.